The summed E-state index contributed by atoms with van der Waals surface area (Å²) in [7, 11) is -0.753. The minimum atomic E-state index is -0.753. The van der Waals surface area contributed by atoms with Crippen molar-refractivity contribution in [3.8, 4) is 0 Å². The summed E-state index contributed by atoms with van der Waals surface area (Å²) in [6.45, 7) is 6.71. The standard InChI is InChI=1S/C15H28O4Si/c1-4-17-13(15(16)19-20-10(2)3)8-6-11-5-7-12-14(9-11)18-12/h10-14H,4-9,20H2,1-3H3. The Hall–Kier alpha value is -0.393. The van der Waals surface area contributed by atoms with Gasteiger partial charge < -0.3 is 13.9 Å². The second-order valence-electron chi connectivity index (χ2n) is 6.44. The molecule has 2 fully saturated rings. The van der Waals surface area contributed by atoms with Crippen molar-refractivity contribution in [2.45, 2.75) is 76.7 Å². The van der Waals surface area contributed by atoms with Gasteiger partial charge in [-0.25, -0.2) is 0 Å². The summed E-state index contributed by atoms with van der Waals surface area (Å²) in [4.78, 5) is 12.0. The number of rotatable bonds is 8. The zero-order valence-corrected chi connectivity index (χ0v) is 14.4. The summed E-state index contributed by atoms with van der Waals surface area (Å²) in [5.41, 5.74) is 0.503. The zero-order chi connectivity index (χ0) is 14.5. The van der Waals surface area contributed by atoms with Gasteiger partial charge in [-0.15, -0.1) is 0 Å². The lowest BCUT2D eigenvalue weighted by molar-refractivity contribution is -0.147. The molecule has 1 heterocycles. The maximum Gasteiger partial charge on any atom is 0.321 e. The molecule has 116 valence electrons. The van der Waals surface area contributed by atoms with E-state index in [-0.39, 0.29) is 12.1 Å². The van der Waals surface area contributed by atoms with Crippen molar-refractivity contribution >= 4 is 15.7 Å². The molecule has 1 aliphatic heterocycles. The van der Waals surface area contributed by atoms with Crippen LogP contribution in [-0.4, -0.2) is 40.7 Å². The zero-order valence-electron chi connectivity index (χ0n) is 13.0. The van der Waals surface area contributed by atoms with Crippen molar-refractivity contribution < 1.29 is 18.7 Å². The van der Waals surface area contributed by atoms with Gasteiger partial charge >= 0.3 is 5.97 Å². The van der Waals surface area contributed by atoms with Gasteiger partial charge in [-0.2, -0.15) is 0 Å². The van der Waals surface area contributed by atoms with Gasteiger partial charge in [0.05, 0.1) is 12.2 Å². The second kappa shape index (κ2) is 7.57. The molecule has 1 aliphatic carbocycles. The van der Waals surface area contributed by atoms with Crippen LogP contribution in [0.1, 0.15) is 52.9 Å². The Labute approximate surface area is 124 Å². The average Bonchev–Trinajstić information content (AvgIpc) is 3.19. The molecule has 0 aromatic rings. The Morgan fingerprint density at radius 1 is 1.35 bits per heavy atom. The third kappa shape index (κ3) is 4.86. The normalized spacial score (nSPS) is 30.5. The van der Waals surface area contributed by atoms with Crippen LogP contribution in [-0.2, 0) is 18.7 Å². The van der Waals surface area contributed by atoms with Crippen LogP contribution in [0, 0.1) is 5.92 Å². The van der Waals surface area contributed by atoms with E-state index in [9.17, 15) is 4.79 Å². The number of fused-ring (bicyclic) bond motifs is 1. The molecule has 0 radical (unpaired) electrons. The van der Waals surface area contributed by atoms with Crippen LogP contribution in [0.3, 0.4) is 0 Å². The summed E-state index contributed by atoms with van der Waals surface area (Å²) in [6.07, 6.45) is 6.14. The summed E-state index contributed by atoms with van der Waals surface area (Å²) < 4.78 is 16.6. The number of ether oxygens (including phenoxy) is 2. The van der Waals surface area contributed by atoms with E-state index in [2.05, 4.69) is 13.8 Å². The van der Waals surface area contributed by atoms with Gasteiger partial charge in [0.15, 0.2) is 6.10 Å². The van der Waals surface area contributed by atoms with Crippen molar-refractivity contribution in [1.29, 1.82) is 0 Å². The molecule has 20 heavy (non-hydrogen) atoms. The number of hydrogen-bond donors (Lipinski definition) is 0. The van der Waals surface area contributed by atoms with Crippen molar-refractivity contribution in [2.75, 3.05) is 6.61 Å². The third-order valence-electron chi connectivity index (χ3n) is 4.14. The molecule has 0 aromatic carbocycles. The highest BCUT2D eigenvalue weighted by molar-refractivity contribution is 6.32. The molecule has 4 nitrogen and oxygen atoms in total. The van der Waals surface area contributed by atoms with Crippen molar-refractivity contribution in [3.63, 3.8) is 0 Å². The Kier molecular flexibility index (Phi) is 6.05. The van der Waals surface area contributed by atoms with E-state index >= 15 is 0 Å². The highest BCUT2D eigenvalue weighted by Gasteiger charge is 2.43. The SMILES string of the molecule is CCOC(CCC1CCC2OC2C1)C(=O)O[SiH2]C(C)C. The van der Waals surface area contributed by atoms with Crippen LogP contribution in [0.2, 0.25) is 5.54 Å². The molecule has 0 bridgehead atoms. The van der Waals surface area contributed by atoms with E-state index in [4.69, 9.17) is 13.9 Å². The third-order valence-corrected chi connectivity index (χ3v) is 5.26. The Bertz CT molecular complexity index is 321. The minimum absolute atomic E-state index is 0.136. The molecular weight excluding hydrogens is 272 g/mol. The van der Waals surface area contributed by atoms with E-state index in [1.165, 1.54) is 19.3 Å². The molecule has 2 rings (SSSR count). The predicted molar refractivity (Wildman–Crippen MR) is 80.4 cm³/mol. The molecule has 1 saturated carbocycles. The summed E-state index contributed by atoms with van der Waals surface area (Å²) >= 11 is 0. The number of hydrogen-bond acceptors (Lipinski definition) is 4. The van der Waals surface area contributed by atoms with Gasteiger partial charge in [-0.3, -0.25) is 4.79 Å². The smallest absolute Gasteiger partial charge is 0.321 e. The first kappa shape index (κ1) is 16.0. The lowest BCUT2D eigenvalue weighted by atomic mass is 9.85. The van der Waals surface area contributed by atoms with E-state index in [1.54, 1.807) is 0 Å². The molecule has 0 N–H and O–H groups in total. The fourth-order valence-electron chi connectivity index (χ4n) is 2.95. The molecule has 4 unspecified atom stereocenters. The van der Waals surface area contributed by atoms with Crippen molar-refractivity contribution in [3.05, 3.63) is 0 Å². The van der Waals surface area contributed by atoms with E-state index < -0.39 is 9.76 Å². The largest absolute Gasteiger partial charge is 0.523 e. The van der Waals surface area contributed by atoms with Crippen LogP contribution in [0.15, 0.2) is 0 Å². The lowest BCUT2D eigenvalue weighted by Crippen LogP contribution is -2.29. The molecule has 0 aromatic heterocycles. The molecule has 0 amide bonds. The maximum absolute atomic E-state index is 12.0. The van der Waals surface area contributed by atoms with Gasteiger partial charge in [0, 0.05) is 6.61 Å². The van der Waals surface area contributed by atoms with E-state index in [0.717, 1.165) is 12.8 Å². The van der Waals surface area contributed by atoms with E-state index in [1.807, 2.05) is 6.92 Å². The first-order valence-corrected chi connectivity index (χ1v) is 9.43. The van der Waals surface area contributed by atoms with Crippen molar-refractivity contribution in [2.24, 2.45) is 5.92 Å². The van der Waals surface area contributed by atoms with Gasteiger partial charge in [0.25, 0.3) is 0 Å². The summed E-state index contributed by atoms with van der Waals surface area (Å²) in [5, 5.41) is 0. The van der Waals surface area contributed by atoms with Crippen molar-refractivity contribution in [1.82, 2.24) is 0 Å². The van der Waals surface area contributed by atoms with Crippen LogP contribution in [0.5, 0.6) is 0 Å². The number of carbonyl (C=O) groups excluding carboxylic acids is 1. The Balaban J connectivity index is 1.71. The Morgan fingerprint density at radius 2 is 2.15 bits per heavy atom. The molecule has 1 saturated heterocycles. The number of carbonyl (C=O) groups is 1. The fraction of sp³-hybridized carbons (Fsp3) is 0.933. The number of epoxide rings is 1. The quantitative estimate of drug-likeness (QED) is 0.509. The van der Waals surface area contributed by atoms with Crippen LogP contribution in [0.25, 0.3) is 0 Å². The Morgan fingerprint density at radius 3 is 2.80 bits per heavy atom. The fourth-order valence-corrected chi connectivity index (χ4v) is 3.63. The maximum atomic E-state index is 12.0. The first-order valence-electron chi connectivity index (χ1n) is 8.03. The minimum Gasteiger partial charge on any atom is -0.523 e. The second-order valence-corrected chi connectivity index (χ2v) is 8.69. The molecule has 4 atom stereocenters. The first-order chi connectivity index (χ1) is 9.60. The van der Waals surface area contributed by atoms with Crippen LogP contribution in [0.4, 0.5) is 0 Å². The van der Waals surface area contributed by atoms with E-state index in [0.29, 0.717) is 30.3 Å². The predicted octanol–water partition coefficient (Wildman–Crippen LogP) is 2.19. The topological polar surface area (TPSA) is 48.1 Å². The van der Waals surface area contributed by atoms with Crippen LogP contribution < -0.4 is 0 Å². The van der Waals surface area contributed by atoms with Crippen LogP contribution >= 0.6 is 0 Å². The highest BCUT2D eigenvalue weighted by Crippen LogP contribution is 2.41. The van der Waals surface area contributed by atoms with Gasteiger partial charge in [-0.05, 0) is 50.5 Å². The lowest BCUT2D eigenvalue weighted by Gasteiger charge is -2.22. The molecule has 0 spiro atoms. The summed E-state index contributed by atoms with van der Waals surface area (Å²) in [6, 6.07) is 0. The average molecular weight is 300 g/mol. The molecule has 5 heteroatoms. The van der Waals surface area contributed by atoms with Gasteiger partial charge in [-0.1, -0.05) is 13.8 Å². The van der Waals surface area contributed by atoms with Gasteiger partial charge in [0.1, 0.15) is 0 Å². The monoisotopic (exact) mass is 300 g/mol. The molecular formula is C15H28O4Si. The highest BCUT2D eigenvalue weighted by atomic mass is 28.2. The van der Waals surface area contributed by atoms with Gasteiger partial charge in [0.2, 0.25) is 9.76 Å². The molecule has 2 aliphatic rings. The summed E-state index contributed by atoms with van der Waals surface area (Å²) in [5.74, 6) is 0.556.